The summed E-state index contributed by atoms with van der Waals surface area (Å²) in [7, 11) is 0. The maximum absolute atomic E-state index is 12.6. The number of aromatic amines is 1. The van der Waals surface area contributed by atoms with E-state index in [-0.39, 0.29) is 6.61 Å². The summed E-state index contributed by atoms with van der Waals surface area (Å²) in [6.07, 6.45) is -0.620. The monoisotopic (exact) mass is 166 g/mol. The second kappa shape index (κ2) is 2.57. The van der Waals surface area contributed by atoms with Crippen LogP contribution in [0.4, 0.5) is 4.39 Å². The average molecular weight is 166 g/mol. The number of hydrogen-bond donors (Lipinski definition) is 2. The van der Waals surface area contributed by atoms with E-state index >= 15 is 0 Å². The molecule has 2 aromatic rings. The number of nitrogens with zero attached hydrogens (tertiary/aromatic N) is 1. The van der Waals surface area contributed by atoms with Gasteiger partial charge in [-0.3, -0.25) is 0 Å². The zero-order valence-electron chi connectivity index (χ0n) is 6.21. The Kier molecular flexibility index (Phi) is 1.55. The Labute approximate surface area is 67.9 Å². The largest absolute Gasteiger partial charge is 0.392 e. The normalized spacial score (nSPS) is 10.8. The lowest BCUT2D eigenvalue weighted by molar-refractivity contribution is 0.283. The van der Waals surface area contributed by atoms with Crippen molar-refractivity contribution in [3.8, 4) is 0 Å². The van der Waals surface area contributed by atoms with Gasteiger partial charge in [0.2, 0.25) is 0 Å². The van der Waals surface area contributed by atoms with Crippen LogP contribution in [0.1, 0.15) is 5.56 Å². The van der Waals surface area contributed by atoms with Gasteiger partial charge < -0.3 is 10.1 Å². The van der Waals surface area contributed by atoms with E-state index in [0.717, 1.165) is 0 Å². The van der Waals surface area contributed by atoms with Gasteiger partial charge in [-0.1, -0.05) is 12.1 Å². The van der Waals surface area contributed by atoms with Crippen molar-refractivity contribution >= 4 is 11.0 Å². The Morgan fingerprint density at radius 3 is 3.08 bits per heavy atom. The highest BCUT2D eigenvalue weighted by Gasteiger charge is 2.04. The van der Waals surface area contributed by atoms with Crippen molar-refractivity contribution in [2.24, 2.45) is 0 Å². The Bertz CT molecular complexity index is 410. The van der Waals surface area contributed by atoms with Crippen molar-refractivity contribution < 1.29 is 9.50 Å². The Morgan fingerprint density at radius 1 is 1.50 bits per heavy atom. The molecule has 0 atom stereocenters. The lowest BCUT2D eigenvalue weighted by Gasteiger charge is -1.94. The molecule has 2 N–H and O–H groups in total. The van der Waals surface area contributed by atoms with E-state index in [1.54, 1.807) is 18.2 Å². The fourth-order valence-electron chi connectivity index (χ4n) is 1.19. The molecule has 1 aromatic carbocycles. The fraction of sp³-hybridized carbons (Fsp3) is 0.125. The van der Waals surface area contributed by atoms with Gasteiger partial charge in [0.15, 0.2) is 0 Å². The SMILES string of the molecule is OCc1cccc2[nH]c(F)nc12. The van der Waals surface area contributed by atoms with Crippen LogP contribution in [0.5, 0.6) is 0 Å². The number of imidazole rings is 1. The molecule has 12 heavy (non-hydrogen) atoms. The molecule has 0 aliphatic heterocycles. The van der Waals surface area contributed by atoms with E-state index in [1.807, 2.05) is 0 Å². The number of aliphatic hydroxyl groups excluding tert-OH is 1. The van der Waals surface area contributed by atoms with E-state index in [0.29, 0.717) is 16.6 Å². The van der Waals surface area contributed by atoms with E-state index < -0.39 is 6.08 Å². The molecule has 3 nitrogen and oxygen atoms in total. The summed E-state index contributed by atoms with van der Waals surface area (Å²) in [6, 6.07) is 5.17. The Hall–Kier alpha value is -1.42. The number of nitrogens with one attached hydrogen (secondary N) is 1. The standard InChI is InChI=1S/C8H7FN2O/c9-8-10-6-3-1-2-5(4-12)7(6)11-8/h1-3,12H,4H2,(H,10,11). The highest BCUT2D eigenvalue weighted by molar-refractivity contribution is 5.78. The van der Waals surface area contributed by atoms with Crippen LogP contribution in [0.25, 0.3) is 11.0 Å². The number of benzene rings is 1. The number of rotatable bonds is 1. The molecular weight excluding hydrogens is 159 g/mol. The number of hydrogen-bond acceptors (Lipinski definition) is 2. The molecule has 2 rings (SSSR count). The zero-order valence-corrected chi connectivity index (χ0v) is 6.21. The molecule has 0 aliphatic carbocycles. The third-order valence-corrected chi connectivity index (χ3v) is 1.74. The summed E-state index contributed by atoms with van der Waals surface area (Å²) in [5.74, 6) is 0. The van der Waals surface area contributed by atoms with E-state index in [4.69, 9.17) is 5.11 Å². The minimum Gasteiger partial charge on any atom is -0.392 e. The first-order valence-corrected chi connectivity index (χ1v) is 3.55. The van der Waals surface area contributed by atoms with E-state index in [9.17, 15) is 4.39 Å². The predicted octanol–water partition coefficient (Wildman–Crippen LogP) is 1.19. The van der Waals surface area contributed by atoms with Gasteiger partial charge in [0.25, 0.3) is 6.08 Å². The van der Waals surface area contributed by atoms with E-state index in [1.165, 1.54) is 0 Å². The van der Waals surface area contributed by atoms with Crippen molar-refractivity contribution in [3.05, 3.63) is 29.8 Å². The summed E-state index contributed by atoms with van der Waals surface area (Å²) < 4.78 is 12.6. The lowest BCUT2D eigenvalue weighted by Crippen LogP contribution is -1.84. The van der Waals surface area contributed by atoms with Gasteiger partial charge in [0.05, 0.1) is 17.6 Å². The number of H-pyrrole nitrogens is 1. The highest BCUT2D eigenvalue weighted by Crippen LogP contribution is 2.15. The molecule has 1 aromatic heterocycles. The number of para-hydroxylation sites is 1. The molecule has 1 heterocycles. The molecule has 0 fully saturated rings. The fourth-order valence-corrected chi connectivity index (χ4v) is 1.19. The second-order valence-corrected chi connectivity index (χ2v) is 2.50. The third-order valence-electron chi connectivity index (χ3n) is 1.74. The van der Waals surface area contributed by atoms with Crippen molar-refractivity contribution in [1.82, 2.24) is 9.97 Å². The molecule has 0 saturated carbocycles. The second-order valence-electron chi connectivity index (χ2n) is 2.50. The number of aliphatic hydroxyl groups is 1. The number of halogens is 1. The molecule has 0 radical (unpaired) electrons. The van der Waals surface area contributed by atoms with Crippen LogP contribution in [0.15, 0.2) is 18.2 Å². The van der Waals surface area contributed by atoms with Crippen molar-refractivity contribution in [1.29, 1.82) is 0 Å². The van der Waals surface area contributed by atoms with Gasteiger partial charge in [0.1, 0.15) is 0 Å². The summed E-state index contributed by atoms with van der Waals surface area (Å²) in [4.78, 5) is 6.05. The average Bonchev–Trinajstić information content (AvgIpc) is 2.44. The van der Waals surface area contributed by atoms with Gasteiger partial charge in [-0.25, -0.2) is 4.98 Å². The first kappa shape index (κ1) is 7.24. The van der Waals surface area contributed by atoms with Crippen molar-refractivity contribution in [2.45, 2.75) is 6.61 Å². The molecule has 0 spiro atoms. The summed E-state index contributed by atoms with van der Waals surface area (Å²) >= 11 is 0. The maximum atomic E-state index is 12.6. The molecule has 0 unspecified atom stereocenters. The quantitative estimate of drug-likeness (QED) is 0.668. The van der Waals surface area contributed by atoms with Crippen LogP contribution < -0.4 is 0 Å². The van der Waals surface area contributed by atoms with Crippen LogP contribution in [-0.4, -0.2) is 15.1 Å². The van der Waals surface area contributed by atoms with Crippen LogP contribution in [0.2, 0.25) is 0 Å². The van der Waals surface area contributed by atoms with Gasteiger partial charge >= 0.3 is 0 Å². The van der Waals surface area contributed by atoms with Crippen molar-refractivity contribution in [3.63, 3.8) is 0 Å². The molecule has 0 aliphatic rings. The first-order chi connectivity index (χ1) is 5.81. The van der Waals surface area contributed by atoms with E-state index in [2.05, 4.69) is 9.97 Å². The minimum absolute atomic E-state index is 0.123. The number of aromatic nitrogens is 2. The van der Waals surface area contributed by atoms with Gasteiger partial charge in [-0.05, 0) is 6.07 Å². The Balaban J connectivity index is 2.78. The predicted molar refractivity (Wildman–Crippen MR) is 42.0 cm³/mol. The molecule has 4 heteroatoms. The first-order valence-electron chi connectivity index (χ1n) is 3.55. The summed E-state index contributed by atoms with van der Waals surface area (Å²) in [6.45, 7) is -0.123. The van der Waals surface area contributed by atoms with Crippen LogP contribution in [-0.2, 0) is 6.61 Å². The summed E-state index contributed by atoms with van der Waals surface area (Å²) in [5, 5.41) is 8.87. The van der Waals surface area contributed by atoms with Crippen LogP contribution >= 0.6 is 0 Å². The van der Waals surface area contributed by atoms with Crippen LogP contribution in [0.3, 0.4) is 0 Å². The molecule has 0 amide bonds. The van der Waals surface area contributed by atoms with Gasteiger partial charge in [0, 0.05) is 5.56 Å². The highest BCUT2D eigenvalue weighted by atomic mass is 19.1. The van der Waals surface area contributed by atoms with Gasteiger partial charge in [-0.2, -0.15) is 4.39 Å². The van der Waals surface area contributed by atoms with Crippen molar-refractivity contribution in [2.75, 3.05) is 0 Å². The van der Waals surface area contributed by atoms with Crippen LogP contribution in [0, 0.1) is 6.08 Å². The topological polar surface area (TPSA) is 48.9 Å². The molecule has 62 valence electrons. The third kappa shape index (κ3) is 0.967. The minimum atomic E-state index is -0.620. The maximum Gasteiger partial charge on any atom is 0.287 e. The Morgan fingerprint density at radius 2 is 2.33 bits per heavy atom. The summed E-state index contributed by atoms with van der Waals surface area (Å²) in [5.41, 5.74) is 1.74. The zero-order chi connectivity index (χ0) is 8.55. The lowest BCUT2D eigenvalue weighted by atomic mass is 10.2. The molecule has 0 saturated heterocycles. The molecular formula is C8H7FN2O. The molecule has 0 bridgehead atoms. The smallest absolute Gasteiger partial charge is 0.287 e. The number of fused-ring (bicyclic) bond motifs is 1. The van der Waals surface area contributed by atoms with Gasteiger partial charge in [-0.15, -0.1) is 0 Å².